The highest BCUT2D eigenvalue weighted by molar-refractivity contribution is 5.28. The largest absolute Gasteiger partial charge is 0.493 e. The molecule has 1 fully saturated rings. The molecular formula is C16H25NO2. The van der Waals surface area contributed by atoms with Gasteiger partial charge in [-0.3, -0.25) is 0 Å². The molecule has 2 atom stereocenters. The Bertz CT molecular complexity index is 369. The number of ether oxygens (including phenoxy) is 1. The second-order valence-corrected chi connectivity index (χ2v) is 5.63. The quantitative estimate of drug-likeness (QED) is 0.829. The summed E-state index contributed by atoms with van der Waals surface area (Å²) in [5, 5.41) is 13.3. The molecular weight excluding hydrogens is 238 g/mol. The van der Waals surface area contributed by atoms with Gasteiger partial charge in [0.2, 0.25) is 0 Å². The van der Waals surface area contributed by atoms with E-state index in [9.17, 15) is 5.11 Å². The van der Waals surface area contributed by atoms with Gasteiger partial charge in [0.05, 0.1) is 12.7 Å². The number of benzene rings is 1. The summed E-state index contributed by atoms with van der Waals surface area (Å²) in [6.07, 6.45) is 2.63. The first kappa shape index (κ1) is 14.4. The van der Waals surface area contributed by atoms with Crippen molar-refractivity contribution in [3.05, 3.63) is 29.8 Å². The van der Waals surface area contributed by atoms with Crippen LogP contribution >= 0.6 is 0 Å². The van der Waals surface area contributed by atoms with Gasteiger partial charge in [0.15, 0.2) is 0 Å². The molecule has 1 aromatic carbocycles. The van der Waals surface area contributed by atoms with Crippen molar-refractivity contribution in [1.29, 1.82) is 0 Å². The molecule has 0 bridgehead atoms. The van der Waals surface area contributed by atoms with E-state index in [4.69, 9.17) is 4.74 Å². The zero-order valence-electron chi connectivity index (χ0n) is 11.9. The lowest BCUT2D eigenvalue weighted by atomic mass is 10.0. The third-order valence-corrected chi connectivity index (χ3v) is 3.79. The van der Waals surface area contributed by atoms with Gasteiger partial charge in [-0.2, -0.15) is 0 Å². The van der Waals surface area contributed by atoms with E-state index in [1.807, 2.05) is 12.1 Å². The van der Waals surface area contributed by atoms with Crippen LogP contribution in [0.4, 0.5) is 0 Å². The van der Waals surface area contributed by atoms with E-state index >= 15 is 0 Å². The van der Waals surface area contributed by atoms with Gasteiger partial charge in [-0.15, -0.1) is 0 Å². The molecule has 2 unspecified atom stereocenters. The third-order valence-electron chi connectivity index (χ3n) is 3.79. The molecule has 1 aromatic rings. The zero-order valence-corrected chi connectivity index (χ0v) is 11.9. The van der Waals surface area contributed by atoms with Crippen LogP contribution in [0.15, 0.2) is 24.3 Å². The molecule has 106 valence electrons. The second-order valence-electron chi connectivity index (χ2n) is 5.63. The van der Waals surface area contributed by atoms with Gasteiger partial charge in [-0.1, -0.05) is 26.0 Å². The lowest BCUT2D eigenvalue weighted by molar-refractivity contribution is 0.107. The first-order valence-corrected chi connectivity index (χ1v) is 7.31. The van der Waals surface area contributed by atoms with Crippen LogP contribution in [0.25, 0.3) is 0 Å². The van der Waals surface area contributed by atoms with Gasteiger partial charge < -0.3 is 15.2 Å². The molecule has 1 heterocycles. The highest BCUT2D eigenvalue weighted by Crippen LogP contribution is 2.19. The van der Waals surface area contributed by atoms with Crippen LogP contribution in [-0.2, 0) is 0 Å². The highest BCUT2D eigenvalue weighted by atomic mass is 16.5. The van der Waals surface area contributed by atoms with Crippen molar-refractivity contribution >= 4 is 0 Å². The van der Waals surface area contributed by atoms with Crippen LogP contribution in [0.2, 0.25) is 0 Å². The molecule has 1 aliphatic rings. The van der Waals surface area contributed by atoms with Crippen molar-refractivity contribution in [1.82, 2.24) is 5.32 Å². The molecule has 19 heavy (non-hydrogen) atoms. The van der Waals surface area contributed by atoms with Gasteiger partial charge in [0.25, 0.3) is 0 Å². The maximum atomic E-state index is 10.0. The van der Waals surface area contributed by atoms with Crippen LogP contribution in [0, 0.1) is 0 Å². The molecule has 0 saturated carbocycles. The Kier molecular flexibility index (Phi) is 5.23. The van der Waals surface area contributed by atoms with E-state index in [-0.39, 0.29) is 12.1 Å². The minimum Gasteiger partial charge on any atom is -0.493 e. The number of nitrogens with one attached hydrogen (secondary N) is 1. The third kappa shape index (κ3) is 4.22. The van der Waals surface area contributed by atoms with Gasteiger partial charge in [-0.05, 0) is 43.0 Å². The summed E-state index contributed by atoms with van der Waals surface area (Å²) >= 11 is 0. The second kappa shape index (κ2) is 6.92. The van der Waals surface area contributed by atoms with Crippen LogP contribution in [0.5, 0.6) is 5.75 Å². The van der Waals surface area contributed by atoms with Crippen LogP contribution in [0.1, 0.15) is 44.6 Å². The molecule has 2 N–H and O–H groups in total. The molecule has 2 rings (SSSR count). The van der Waals surface area contributed by atoms with E-state index in [0.717, 1.165) is 18.7 Å². The number of aliphatic hydroxyl groups excluding tert-OH is 1. The van der Waals surface area contributed by atoms with Crippen LogP contribution < -0.4 is 10.1 Å². The van der Waals surface area contributed by atoms with Crippen molar-refractivity contribution in [2.75, 3.05) is 13.2 Å². The maximum absolute atomic E-state index is 10.0. The summed E-state index contributed by atoms with van der Waals surface area (Å²) in [5.74, 6) is 1.43. The van der Waals surface area contributed by atoms with Crippen LogP contribution in [-0.4, -0.2) is 30.4 Å². The SMILES string of the molecule is CC(C)c1ccc(OCCC(O)C2CCCN2)cc1. The molecule has 0 radical (unpaired) electrons. The molecule has 1 aliphatic heterocycles. The molecule has 1 saturated heterocycles. The predicted molar refractivity (Wildman–Crippen MR) is 77.7 cm³/mol. The summed E-state index contributed by atoms with van der Waals surface area (Å²) < 4.78 is 5.68. The molecule has 0 amide bonds. The molecule has 0 aliphatic carbocycles. The average Bonchev–Trinajstić information content (AvgIpc) is 2.93. The highest BCUT2D eigenvalue weighted by Gasteiger charge is 2.22. The Balaban J connectivity index is 1.72. The van der Waals surface area contributed by atoms with Gasteiger partial charge in [0.1, 0.15) is 5.75 Å². The van der Waals surface area contributed by atoms with E-state index in [1.54, 1.807) is 0 Å². The lowest BCUT2D eigenvalue weighted by Gasteiger charge is -2.18. The molecule has 0 spiro atoms. The summed E-state index contributed by atoms with van der Waals surface area (Å²) in [6, 6.07) is 8.49. The summed E-state index contributed by atoms with van der Waals surface area (Å²) in [5.41, 5.74) is 1.32. The predicted octanol–water partition coefficient (Wildman–Crippen LogP) is 2.69. The normalized spacial score (nSPS) is 20.7. The first-order chi connectivity index (χ1) is 9.16. The van der Waals surface area contributed by atoms with E-state index in [0.29, 0.717) is 18.9 Å². The fourth-order valence-electron chi connectivity index (χ4n) is 2.49. The standard InChI is InChI=1S/C16H25NO2/c1-12(2)13-5-7-14(8-6-13)19-11-9-16(18)15-4-3-10-17-15/h5-8,12,15-18H,3-4,9-11H2,1-2H3. The first-order valence-electron chi connectivity index (χ1n) is 7.31. The van der Waals surface area contributed by atoms with Crippen molar-refractivity contribution < 1.29 is 9.84 Å². The van der Waals surface area contributed by atoms with Crippen molar-refractivity contribution in [3.63, 3.8) is 0 Å². The van der Waals surface area contributed by atoms with E-state index in [1.165, 1.54) is 12.0 Å². The Morgan fingerprint density at radius 2 is 2.05 bits per heavy atom. The Labute approximate surface area is 116 Å². The topological polar surface area (TPSA) is 41.5 Å². The fraction of sp³-hybridized carbons (Fsp3) is 0.625. The Morgan fingerprint density at radius 1 is 1.32 bits per heavy atom. The minimum atomic E-state index is -0.294. The van der Waals surface area contributed by atoms with Crippen molar-refractivity contribution in [3.8, 4) is 5.75 Å². The summed E-state index contributed by atoms with van der Waals surface area (Å²) in [7, 11) is 0. The van der Waals surface area contributed by atoms with E-state index < -0.39 is 0 Å². The molecule has 3 heteroatoms. The minimum absolute atomic E-state index is 0.256. The number of hydrogen-bond acceptors (Lipinski definition) is 3. The summed E-state index contributed by atoms with van der Waals surface area (Å²) in [6.45, 7) is 5.96. The van der Waals surface area contributed by atoms with Crippen LogP contribution in [0.3, 0.4) is 0 Å². The van der Waals surface area contributed by atoms with Gasteiger partial charge in [0, 0.05) is 12.5 Å². The molecule has 3 nitrogen and oxygen atoms in total. The zero-order chi connectivity index (χ0) is 13.7. The lowest BCUT2D eigenvalue weighted by Crippen LogP contribution is -2.35. The summed E-state index contributed by atoms with van der Waals surface area (Å²) in [4.78, 5) is 0. The Morgan fingerprint density at radius 3 is 2.63 bits per heavy atom. The fourth-order valence-corrected chi connectivity index (χ4v) is 2.49. The Hall–Kier alpha value is -1.06. The van der Waals surface area contributed by atoms with Crippen molar-refractivity contribution in [2.24, 2.45) is 0 Å². The van der Waals surface area contributed by atoms with E-state index in [2.05, 4.69) is 31.3 Å². The number of hydrogen-bond donors (Lipinski definition) is 2. The smallest absolute Gasteiger partial charge is 0.119 e. The monoisotopic (exact) mass is 263 g/mol. The van der Waals surface area contributed by atoms with Crippen molar-refractivity contribution in [2.45, 2.75) is 51.2 Å². The average molecular weight is 263 g/mol. The van der Waals surface area contributed by atoms with Gasteiger partial charge >= 0.3 is 0 Å². The van der Waals surface area contributed by atoms with Gasteiger partial charge in [-0.25, -0.2) is 0 Å². The molecule has 0 aromatic heterocycles. The maximum Gasteiger partial charge on any atom is 0.119 e. The number of aliphatic hydroxyl groups is 1. The number of rotatable bonds is 6.